The molecular formula is C7H17O5PS. The van der Waals surface area contributed by atoms with Gasteiger partial charge in [0.1, 0.15) is 0 Å². The van der Waals surface area contributed by atoms with E-state index in [9.17, 15) is 13.0 Å². The molecule has 0 rings (SSSR count). The van der Waals surface area contributed by atoms with Gasteiger partial charge in [-0.05, 0) is 12.8 Å². The van der Waals surface area contributed by atoms with Crippen LogP contribution in [-0.2, 0) is 19.2 Å². The number of hydrogen-bond donors (Lipinski definition) is 1. The molecule has 0 spiro atoms. The molecule has 0 aliphatic rings. The van der Waals surface area contributed by atoms with Crippen molar-refractivity contribution in [2.75, 3.05) is 25.7 Å². The standard InChI is InChI=1S/C7H17O5PS/c1-12-13(2,8)6-4-3-5-7-14(9,10)11/h3-7H2,1-2H3,(H,9,10,11). The van der Waals surface area contributed by atoms with E-state index in [2.05, 4.69) is 0 Å². The molecular weight excluding hydrogens is 227 g/mol. The Morgan fingerprint density at radius 2 is 1.86 bits per heavy atom. The first kappa shape index (κ1) is 14.1. The second-order valence-electron chi connectivity index (χ2n) is 3.27. The van der Waals surface area contributed by atoms with Crippen molar-refractivity contribution >= 4 is 17.5 Å². The summed E-state index contributed by atoms with van der Waals surface area (Å²) in [6.45, 7) is 1.55. The molecule has 0 amide bonds. The van der Waals surface area contributed by atoms with Crippen LogP contribution in [-0.4, -0.2) is 38.7 Å². The molecule has 1 N–H and O–H groups in total. The van der Waals surface area contributed by atoms with Crippen LogP contribution in [0.1, 0.15) is 19.3 Å². The highest BCUT2D eigenvalue weighted by atomic mass is 32.2. The van der Waals surface area contributed by atoms with Crippen molar-refractivity contribution in [3.63, 3.8) is 0 Å². The molecule has 0 saturated heterocycles. The minimum absolute atomic E-state index is 0.228. The number of hydrogen-bond acceptors (Lipinski definition) is 4. The first-order valence-electron chi connectivity index (χ1n) is 4.34. The predicted octanol–water partition coefficient (Wildman–Crippen LogP) is 1.60. The summed E-state index contributed by atoms with van der Waals surface area (Å²) in [5, 5.41) is 0. The highest BCUT2D eigenvalue weighted by Gasteiger charge is 2.12. The summed E-state index contributed by atoms with van der Waals surface area (Å²) >= 11 is 0. The van der Waals surface area contributed by atoms with Crippen LogP contribution in [0, 0.1) is 0 Å². The lowest BCUT2D eigenvalue weighted by molar-refractivity contribution is 0.397. The first-order valence-corrected chi connectivity index (χ1v) is 8.21. The Morgan fingerprint density at radius 1 is 1.29 bits per heavy atom. The summed E-state index contributed by atoms with van der Waals surface area (Å²) in [5.74, 6) is -0.228. The van der Waals surface area contributed by atoms with Crippen molar-refractivity contribution in [2.45, 2.75) is 19.3 Å². The van der Waals surface area contributed by atoms with Crippen molar-refractivity contribution in [1.29, 1.82) is 0 Å². The second-order valence-corrected chi connectivity index (χ2v) is 7.68. The molecule has 0 aromatic heterocycles. The third-order valence-corrected chi connectivity index (χ3v) is 4.56. The van der Waals surface area contributed by atoms with Gasteiger partial charge in [0.15, 0.2) is 7.37 Å². The SMILES string of the molecule is COP(C)(=O)CCCCCS(=O)(=O)O. The van der Waals surface area contributed by atoms with Crippen LogP contribution >= 0.6 is 7.37 Å². The van der Waals surface area contributed by atoms with Gasteiger partial charge in [-0.3, -0.25) is 9.12 Å². The first-order chi connectivity index (χ1) is 6.27. The summed E-state index contributed by atoms with van der Waals surface area (Å²) in [4.78, 5) is 0. The van der Waals surface area contributed by atoms with Gasteiger partial charge >= 0.3 is 0 Å². The lowest BCUT2D eigenvalue weighted by Crippen LogP contribution is -2.03. The molecule has 0 bridgehead atoms. The minimum Gasteiger partial charge on any atom is -0.332 e. The van der Waals surface area contributed by atoms with Gasteiger partial charge < -0.3 is 4.52 Å². The van der Waals surface area contributed by atoms with E-state index in [0.717, 1.165) is 0 Å². The van der Waals surface area contributed by atoms with Gasteiger partial charge in [0.25, 0.3) is 10.1 Å². The van der Waals surface area contributed by atoms with E-state index in [1.165, 1.54) is 7.11 Å². The van der Waals surface area contributed by atoms with Crippen LogP contribution in [0.4, 0.5) is 0 Å². The van der Waals surface area contributed by atoms with E-state index >= 15 is 0 Å². The number of rotatable bonds is 7. The summed E-state index contributed by atoms with van der Waals surface area (Å²) in [6.07, 6.45) is 2.12. The van der Waals surface area contributed by atoms with E-state index < -0.39 is 17.5 Å². The average molecular weight is 244 g/mol. The van der Waals surface area contributed by atoms with E-state index in [4.69, 9.17) is 9.08 Å². The Kier molecular flexibility index (Phi) is 5.90. The second kappa shape index (κ2) is 5.85. The molecule has 0 saturated carbocycles. The van der Waals surface area contributed by atoms with E-state index in [-0.39, 0.29) is 5.75 Å². The zero-order chi connectivity index (χ0) is 11.2. The molecule has 0 radical (unpaired) electrons. The van der Waals surface area contributed by atoms with Crippen LogP contribution < -0.4 is 0 Å². The van der Waals surface area contributed by atoms with Crippen LogP contribution in [0.25, 0.3) is 0 Å². The van der Waals surface area contributed by atoms with Crippen molar-refractivity contribution in [1.82, 2.24) is 0 Å². The third-order valence-electron chi connectivity index (χ3n) is 1.85. The largest absolute Gasteiger partial charge is 0.332 e. The Balaban J connectivity index is 3.54. The Bertz CT molecular complexity index is 297. The molecule has 0 aromatic rings. The van der Waals surface area contributed by atoms with Crippen molar-refractivity contribution in [3.05, 3.63) is 0 Å². The fraction of sp³-hybridized carbons (Fsp3) is 1.00. The molecule has 0 aromatic carbocycles. The van der Waals surface area contributed by atoms with E-state index in [1.54, 1.807) is 6.66 Å². The van der Waals surface area contributed by atoms with Crippen LogP contribution in [0.15, 0.2) is 0 Å². The molecule has 1 atom stereocenters. The van der Waals surface area contributed by atoms with E-state index in [1.807, 2.05) is 0 Å². The molecule has 0 aliphatic carbocycles. The smallest absolute Gasteiger partial charge is 0.264 e. The van der Waals surface area contributed by atoms with Crippen molar-refractivity contribution in [3.8, 4) is 0 Å². The molecule has 86 valence electrons. The van der Waals surface area contributed by atoms with Crippen molar-refractivity contribution < 1.29 is 22.1 Å². The highest BCUT2D eigenvalue weighted by molar-refractivity contribution is 7.85. The monoisotopic (exact) mass is 244 g/mol. The average Bonchev–Trinajstić information content (AvgIpc) is 2.01. The van der Waals surface area contributed by atoms with Gasteiger partial charge in [-0.15, -0.1) is 0 Å². The van der Waals surface area contributed by atoms with Gasteiger partial charge in [-0.1, -0.05) is 6.42 Å². The zero-order valence-electron chi connectivity index (χ0n) is 8.47. The van der Waals surface area contributed by atoms with Crippen LogP contribution in [0.3, 0.4) is 0 Å². The maximum atomic E-state index is 11.4. The van der Waals surface area contributed by atoms with Gasteiger partial charge in [0.05, 0.1) is 5.75 Å². The van der Waals surface area contributed by atoms with Gasteiger partial charge in [-0.25, -0.2) is 0 Å². The summed E-state index contributed by atoms with van der Waals surface area (Å²) in [7, 11) is -4.91. The normalized spacial score (nSPS) is 16.5. The summed E-state index contributed by atoms with van der Waals surface area (Å²) in [5.41, 5.74) is 0. The maximum Gasteiger partial charge on any atom is 0.264 e. The topological polar surface area (TPSA) is 80.7 Å². The van der Waals surface area contributed by atoms with Crippen LogP contribution in [0.5, 0.6) is 0 Å². The Morgan fingerprint density at radius 3 is 2.29 bits per heavy atom. The molecule has 5 nitrogen and oxygen atoms in total. The Labute approximate surface area is 85.0 Å². The van der Waals surface area contributed by atoms with Gasteiger partial charge in [0.2, 0.25) is 0 Å². The van der Waals surface area contributed by atoms with Gasteiger partial charge in [0, 0.05) is 19.9 Å². The lowest BCUT2D eigenvalue weighted by atomic mass is 10.3. The van der Waals surface area contributed by atoms with E-state index in [0.29, 0.717) is 25.4 Å². The quantitative estimate of drug-likeness (QED) is 0.418. The van der Waals surface area contributed by atoms with Crippen LogP contribution in [0.2, 0.25) is 0 Å². The number of unbranched alkanes of at least 4 members (excludes halogenated alkanes) is 2. The summed E-state index contributed by atoms with van der Waals surface area (Å²) in [6, 6.07) is 0. The molecule has 0 aliphatic heterocycles. The molecule has 0 heterocycles. The fourth-order valence-corrected chi connectivity index (χ4v) is 2.50. The third kappa shape index (κ3) is 8.69. The zero-order valence-corrected chi connectivity index (χ0v) is 10.2. The Hall–Kier alpha value is 0.100. The molecule has 1 unspecified atom stereocenters. The maximum absolute atomic E-state index is 11.4. The molecule has 7 heteroatoms. The lowest BCUT2D eigenvalue weighted by Gasteiger charge is -2.09. The molecule has 14 heavy (non-hydrogen) atoms. The minimum atomic E-state index is -3.85. The molecule has 0 fully saturated rings. The highest BCUT2D eigenvalue weighted by Crippen LogP contribution is 2.42. The fourth-order valence-electron chi connectivity index (χ4n) is 0.952. The predicted molar refractivity (Wildman–Crippen MR) is 55.7 cm³/mol. The van der Waals surface area contributed by atoms with Gasteiger partial charge in [-0.2, -0.15) is 8.42 Å². The summed E-state index contributed by atoms with van der Waals surface area (Å²) < 4.78 is 45.2. The van der Waals surface area contributed by atoms with Crippen molar-refractivity contribution in [2.24, 2.45) is 0 Å².